The Morgan fingerprint density at radius 3 is 2.45 bits per heavy atom. The van der Waals surface area contributed by atoms with E-state index in [1.54, 1.807) is 0 Å². The predicted octanol–water partition coefficient (Wildman–Crippen LogP) is 3.60. The van der Waals surface area contributed by atoms with Gasteiger partial charge in [-0.15, -0.1) is 0 Å². The van der Waals surface area contributed by atoms with Gasteiger partial charge in [0.05, 0.1) is 6.54 Å². The maximum Gasteiger partial charge on any atom is 0.238 e. The lowest BCUT2D eigenvalue weighted by atomic mass is 10.2. The van der Waals surface area contributed by atoms with Gasteiger partial charge in [0.25, 0.3) is 0 Å². The van der Waals surface area contributed by atoms with Crippen molar-refractivity contribution in [1.29, 1.82) is 0 Å². The third-order valence-corrected chi connectivity index (χ3v) is 4.06. The third-order valence-electron chi connectivity index (χ3n) is 4.06. The molecule has 0 saturated heterocycles. The molecule has 0 aromatic heterocycles. The van der Waals surface area contributed by atoms with Crippen LogP contribution in [0.15, 0.2) is 54.6 Å². The lowest BCUT2D eigenvalue weighted by molar-refractivity contribution is -0.117. The minimum absolute atomic E-state index is 0.0668. The Labute approximate surface area is 132 Å². The summed E-state index contributed by atoms with van der Waals surface area (Å²) < 4.78 is 0. The molecule has 22 heavy (non-hydrogen) atoms. The first kappa shape index (κ1) is 14.8. The Morgan fingerprint density at radius 2 is 1.77 bits per heavy atom. The Bertz CT molecular complexity index is 635. The highest BCUT2D eigenvalue weighted by Crippen LogP contribution is 2.28. The Hall–Kier alpha value is -2.13. The summed E-state index contributed by atoms with van der Waals surface area (Å²) >= 11 is 0. The van der Waals surface area contributed by atoms with Crippen LogP contribution in [0.2, 0.25) is 0 Å². The number of nitrogens with one attached hydrogen (secondary N) is 1. The van der Waals surface area contributed by atoms with Crippen LogP contribution < -0.4 is 5.32 Å². The molecule has 0 unspecified atom stereocenters. The van der Waals surface area contributed by atoms with Crippen LogP contribution >= 0.6 is 0 Å². The van der Waals surface area contributed by atoms with Gasteiger partial charge in [0.15, 0.2) is 0 Å². The molecule has 1 N–H and O–H groups in total. The molecule has 3 heteroatoms. The van der Waals surface area contributed by atoms with E-state index in [4.69, 9.17) is 0 Å². The first-order valence-corrected chi connectivity index (χ1v) is 7.86. The van der Waals surface area contributed by atoms with Crippen LogP contribution in [0.5, 0.6) is 0 Å². The number of nitrogens with zero attached hydrogens (tertiary/aromatic N) is 1. The quantitative estimate of drug-likeness (QED) is 0.883. The molecule has 2 aromatic carbocycles. The molecule has 3 nitrogen and oxygen atoms in total. The SMILES string of the molecule is Cc1ccccc1NC(=O)CN(Cc1ccccc1)C1CC1. The van der Waals surface area contributed by atoms with E-state index >= 15 is 0 Å². The maximum atomic E-state index is 12.3. The van der Waals surface area contributed by atoms with Gasteiger partial charge in [-0.1, -0.05) is 48.5 Å². The van der Waals surface area contributed by atoms with Gasteiger partial charge in [0, 0.05) is 18.3 Å². The average Bonchev–Trinajstić information content (AvgIpc) is 3.35. The number of rotatable bonds is 6. The highest BCUT2D eigenvalue weighted by molar-refractivity contribution is 5.92. The second-order valence-corrected chi connectivity index (χ2v) is 5.98. The number of amides is 1. The molecular formula is C19H22N2O. The van der Waals surface area contributed by atoms with Crippen molar-refractivity contribution in [3.63, 3.8) is 0 Å². The molecule has 0 radical (unpaired) electrons. The summed E-state index contributed by atoms with van der Waals surface area (Å²) in [5, 5.41) is 3.03. The van der Waals surface area contributed by atoms with Gasteiger partial charge in [0.2, 0.25) is 5.91 Å². The van der Waals surface area contributed by atoms with Crippen molar-refractivity contribution in [2.75, 3.05) is 11.9 Å². The molecule has 3 rings (SSSR count). The maximum absolute atomic E-state index is 12.3. The van der Waals surface area contributed by atoms with E-state index in [9.17, 15) is 4.79 Å². The van der Waals surface area contributed by atoms with Gasteiger partial charge >= 0.3 is 0 Å². The molecule has 114 valence electrons. The molecule has 1 fully saturated rings. The van der Waals surface area contributed by atoms with Crippen LogP contribution in [0.4, 0.5) is 5.69 Å². The number of benzene rings is 2. The number of hydrogen-bond donors (Lipinski definition) is 1. The van der Waals surface area contributed by atoms with E-state index in [1.165, 1.54) is 18.4 Å². The van der Waals surface area contributed by atoms with Crippen molar-refractivity contribution in [3.05, 3.63) is 65.7 Å². The van der Waals surface area contributed by atoms with Crippen LogP contribution in [0.25, 0.3) is 0 Å². The summed E-state index contributed by atoms with van der Waals surface area (Å²) in [5.74, 6) is 0.0668. The largest absolute Gasteiger partial charge is 0.325 e. The summed E-state index contributed by atoms with van der Waals surface area (Å²) in [7, 11) is 0. The fraction of sp³-hybridized carbons (Fsp3) is 0.316. The zero-order valence-electron chi connectivity index (χ0n) is 13.0. The summed E-state index contributed by atoms with van der Waals surface area (Å²) in [4.78, 5) is 14.6. The molecule has 1 amide bonds. The van der Waals surface area contributed by atoms with E-state index in [-0.39, 0.29) is 5.91 Å². The van der Waals surface area contributed by atoms with Crippen LogP contribution in [0, 0.1) is 6.92 Å². The third kappa shape index (κ3) is 3.95. The lowest BCUT2D eigenvalue weighted by Crippen LogP contribution is -2.34. The van der Waals surface area contributed by atoms with Gasteiger partial charge in [-0.05, 0) is 37.0 Å². The first-order valence-electron chi connectivity index (χ1n) is 7.86. The van der Waals surface area contributed by atoms with Gasteiger partial charge in [-0.2, -0.15) is 0 Å². The van der Waals surface area contributed by atoms with E-state index in [2.05, 4.69) is 22.3 Å². The molecule has 0 spiro atoms. The predicted molar refractivity (Wildman–Crippen MR) is 89.7 cm³/mol. The number of aryl methyl sites for hydroxylation is 1. The number of carbonyl (C=O) groups is 1. The van der Waals surface area contributed by atoms with Crippen molar-refractivity contribution in [2.24, 2.45) is 0 Å². The van der Waals surface area contributed by atoms with Gasteiger partial charge in [-0.25, -0.2) is 0 Å². The lowest BCUT2D eigenvalue weighted by Gasteiger charge is -2.21. The fourth-order valence-corrected chi connectivity index (χ4v) is 2.66. The summed E-state index contributed by atoms with van der Waals surface area (Å²) in [6.07, 6.45) is 2.40. The van der Waals surface area contributed by atoms with Crippen molar-refractivity contribution < 1.29 is 4.79 Å². The number of para-hydroxylation sites is 1. The molecule has 1 aliphatic carbocycles. The smallest absolute Gasteiger partial charge is 0.238 e. The van der Waals surface area contributed by atoms with E-state index < -0.39 is 0 Å². The van der Waals surface area contributed by atoms with E-state index in [1.807, 2.05) is 49.4 Å². The number of carbonyl (C=O) groups excluding carboxylic acids is 1. The minimum Gasteiger partial charge on any atom is -0.325 e. The van der Waals surface area contributed by atoms with E-state index in [0.29, 0.717) is 12.6 Å². The van der Waals surface area contributed by atoms with Gasteiger partial charge in [-0.3, -0.25) is 9.69 Å². The van der Waals surface area contributed by atoms with Crippen LogP contribution in [0.1, 0.15) is 24.0 Å². The minimum atomic E-state index is 0.0668. The second-order valence-electron chi connectivity index (χ2n) is 5.98. The Kier molecular flexibility index (Phi) is 4.54. The zero-order valence-corrected chi connectivity index (χ0v) is 13.0. The highest BCUT2D eigenvalue weighted by atomic mass is 16.2. The Balaban J connectivity index is 1.61. The zero-order chi connectivity index (χ0) is 15.4. The molecule has 0 aliphatic heterocycles. The fourth-order valence-electron chi connectivity index (χ4n) is 2.66. The summed E-state index contributed by atoms with van der Waals surface area (Å²) in [6, 6.07) is 18.8. The summed E-state index contributed by atoms with van der Waals surface area (Å²) in [6.45, 7) is 3.30. The Morgan fingerprint density at radius 1 is 1.09 bits per heavy atom. The molecule has 0 atom stereocenters. The van der Waals surface area contributed by atoms with E-state index in [0.717, 1.165) is 17.8 Å². The topological polar surface area (TPSA) is 32.3 Å². The van der Waals surface area contributed by atoms with Gasteiger partial charge in [0.1, 0.15) is 0 Å². The van der Waals surface area contributed by atoms with Crippen LogP contribution in [-0.4, -0.2) is 23.4 Å². The van der Waals surface area contributed by atoms with Gasteiger partial charge < -0.3 is 5.32 Å². The summed E-state index contributed by atoms with van der Waals surface area (Å²) in [5.41, 5.74) is 3.26. The molecule has 1 saturated carbocycles. The molecule has 2 aromatic rings. The standard InChI is InChI=1S/C19H22N2O/c1-15-7-5-6-10-18(15)20-19(22)14-21(17-11-12-17)13-16-8-3-2-4-9-16/h2-10,17H,11-14H2,1H3,(H,20,22). The average molecular weight is 294 g/mol. The van der Waals surface area contributed by atoms with Crippen LogP contribution in [0.3, 0.4) is 0 Å². The van der Waals surface area contributed by atoms with Crippen molar-refractivity contribution in [1.82, 2.24) is 4.90 Å². The second kappa shape index (κ2) is 6.75. The van der Waals surface area contributed by atoms with Crippen LogP contribution in [-0.2, 0) is 11.3 Å². The van der Waals surface area contributed by atoms with Crippen molar-refractivity contribution in [3.8, 4) is 0 Å². The monoisotopic (exact) mass is 294 g/mol. The van der Waals surface area contributed by atoms with Crippen molar-refractivity contribution in [2.45, 2.75) is 32.4 Å². The molecule has 0 bridgehead atoms. The first-order chi connectivity index (χ1) is 10.7. The number of anilines is 1. The molecule has 0 heterocycles. The highest BCUT2D eigenvalue weighted by Gasteiger charge is 2.30. The number of hydrogen-bond acceptors (Lipinski definition) is 2. The molecular weight excluding hydrogens is 272 g/mol. The normalized spacial score (nSPS) is 14.1. The molecule has 1 aliphatic rings. The van der Waals surface area contributed by atoms with Crippen molar-refractivity contribution >= 4 is 11.6 Å².